The minimum atomic E-state index is -3.94. The molecule has 0 aliphatic carbocycles. The number of rotatable bonds is 8. The average Bonchev–Trinajstić information content (AvgIpc) is 3.09. The molecule has 0 bridgehead atoms. The van der Waals surface area contributed by atoms with Gasteiger partial charge in [0.2, 0.25) is 5.91 Å². The molecule has 2 amide bonds. The molecule has 10 nitrogen and oxygen atoms in total. The lowest BCUT2D eigenvalue weighted by Gasteiger charge is -2.23. The van der Waals surface area contributed by atoms with Gasteiger partial charge in [-0.05, 0) is 48.8 Å². The van der Waals surface area contributed by atoms with Gasteiger partial charge in [-0.2, -0.15) is 4.31 Å². The lowest BCUT2D eigenvalue weighted by atomic mass is 10.0. The monoisotopic (exact) mass is 537 g/mol. The van der Waals surface area contributed by atoms with Crippen molar-refractivity contribution in [3.8, 4) is 0 Å². The van der Waals surface area contributed by atoms with E-state index in [0.29, 0.717) is 18.2 Å². The van der Waals surface area contributed by atoms with Crippen molar-refractivity contribution in [2.24, 2.45) is 5.92 Å². The van der Waals surface area contributed by atoms with Crippen molar-refractivity contribution in [3.05, 3.63) is 66.6 Å². The number of ketones is 1. The third-order valence-corrected chi connectivity index (χ3v) is 8.16. The van der Waals surface area contributed by atoms with Crippen molar-refractivity contribution in [1.29, 1.82) is 0 Å². The largest absolute Gasteiger partial charge is 0.344 e. The van der Waals surface area contributed by atoms with Crippen LogP contribution in [-0.2, 0) is 19.6 Å². The number of Topliss-reactive ketones (excluding diaryl/α,β-unsaturated/α-hetero) is 1. The topological polar surface area (TPSA) is 138 Å². The van der Waals surface area contributed by atoms with E-state index in [2.05, 4.69) is 20.6 Å². The summed E-state index contributed by atoms with van der Waals surface area (Å²) in [6, 6.07) is 12.0. The fourth-order valence-electron chi connectivity index (χ4n) is 4.49. The van der Waals surface area contributed by atoms with Gasteiger partial charge in [-0.15, -0.1) is 0 Å². The van der Waals surface area contributed by atoms with Crippen molar-refractivity contribution in [1.82, 2.24) is 24.9 Å². The Morgan fingerprint density at radius 3 is 2.55 bits per heavy atom. The number of carbonyl (C=O) groups excluding carboxylic acids is 3. The molecule has 1 fully saturated rings. The van der Waals surface area contributed by atoms with Gasteiger partial charge in [0.15, 0.2) is 10.8 Å². The molecule has 1 aromatic carbocycles. The molecule has 4 rings (SSSR count). The van der Waals surface area contributed by atoms with E-state index >= 15 is 0 Å². The average molecular weight is 538 g/mol. The Morgan fingerprint density at radius 1 is 1.05 bits per heavy atom. The number of fused-ring (bicyclic) bond motifs is 1. The molecular formula is C27H31N5O5S. The van der Waals surface area contributed by atoms with Gasteiger partial charge >= 0.3 is 0 Å². The number of nitrogens with one attached hydrogen (secondary N) is 2. The maximum Gasteiger partial charge on any atom is 0.271 e. The Hall–Kier alpha value is -3.70. The lowest BCUT2D eigenvalue weighted by Crippen LogP contribution is -2.52. The maximum absolute atomic E-state index is 13.3. The van der Waals surface area contributed by atoms with Crippen LogP contribution >= 0.6 is 0 Å². The fraction of sp³-hybridized carbons (Fsp3) is 0.370. The summed E-state index contributed by atoms with van der Waals surface area (Å²) in [5.41, 5.74) is 0.213. The van der Waals surface area contributed by atoms with Gasteiger partial charge in [-0.1, -0.05) is 44.2 Å². The molecular weight excluding hydrogens is 506 g/mol. The zero-order chi connectivity index (χ0) is 27.3. The second-order valence-corrected chi connectivity index (χ2v) is 11.6. The number of hydrogen-bond donors (Lipinski definition) is 2. The third-order valence-electron chi connectivity index (χ3n) is 6.40. The highest BCUT2D eigenvalue weighted by molar-refractivity contribution is 7.89. The smallest absolute Gasteiger partial charge is 0.271 e. The van der Waals surface area contributed by atoms with Gasteiger partial charge in [0.1, 0.15) is 11.7 Å². The molecule has 38 heavy (non-hydrogen) atoms. The molecule has 1 aliphatic rings. The first kappa shape index (κ1) is 27.3. The molecule has 0 saturated carbocycles. The van der Waals surface area contributed by atoms with Crippen LogP contribution in [-0.4, -0.2) is 65.5 Å². The van der Waals surface area contributed by atoms with Crippen molar-refractivity contribution in [2.45, 2.75) is 50.2 Å². The van der Waals surface area contributed by atoms with E-state index in [0.717, 1.165) is 9.69 Å². The van der Waals surface area contributed by atoms with E-state index in [1.165, 1.54) is 12.3 Å². The standard InChI is InChI=1S/C27H31N5O5S/c1-18(2)16-22(31-27(35)25-20-9-4-3-8-19(20)12-14-29-25)26(34)30-21-10-7-15-32(17-23(21)33)38(36,37)24-11-5-6-13-28-24/h3-6,8-9,11-14,18,21-22H,7,10,15-17H2,1-2H3,(H,30,34)(H,31,35)/t21?,22-/m0/s1. The molecule has 0 radical (unpaired) electrons. The lowest BCUT2D eigenvalue weighted by molar-refractivity contribution is -0.129. The predicted molar refractivity (Wildman–Crippen MR) is 142 cm³/mol. The zero-order valence-electron chi connectivity index (χ0n) is 21.3. The van der Waals surface area contributed by atoms with Crippen LogP contribution in [0.1, 0.15) is 43.6 Å². The molecule has 200 valence electrons. The van der Waals surface area contributed by atoms with Crippen LogP contribution in [0.4, 0.5) is 0 Å². The second-order valence-electron chi connectivity index (χ2n) is 9.71. The minimum Gasteiger partial charge on any atom is -0.344 e. The van der Waals surface area contributed by atoms with Crippen molar-refractivity contribution < 1.29 is 22.8 Å². The summed E-state index contributed by atoms with van der Waals surface area (Å²) in [6.45, 7) is 3.63. The summed E-state index contributed by atoms with van der Waals surface area (Å²) in [4.78, 5) is 47.6. The zero-order valence-corrected chi connectivity index (χ0v) is 22.1. The fourth-order valence-corrected chi connectivity index (χ4v) is 5.86. The molecule has 1 aliphatic heterocycles. The van der Waals surface area contributed by atoms with Crippen LogP contribution in [0.3, 0.4) is 0 Å². The van der Waals surface area contributed by atoms with Crippen LogP contribution in [0.5, 0.6) is 0 Å². The third kappa shape index (κ3) is 6.22. The summed E-state index contributed by atoms with van der Waals surface area (Å²) < 4.78 is 27.0. The number of amides is 2. The Kier molecular flexibility index (Phi) is 8.48. The first-order chi connectivity index (χ1) is 18.2. The van der Waals surface area contributed by atoms with Crippen LogP contribution < -0.4 is 10.6 Å². The van der Waals surface area contributed by atoms with Crippen LogP contribution in [0.25, 0.3) is 10.8 Å². The summed E-state index contributed by atoms with van der Waals surface area (Å²) >= 11 is 0. The van der Waals surface area contributed by atoms with E-state index in [4.69, 9.17) is 0 Å². The number of sulfonamides is 1. The summed E-state index contributed by atoms with van der Waals surface area (Å²) in [6.07, 6.45) is 3.94. The van der Waals surface area contributed by atoms with Crippen LogP contribution in [0.15, 0.2) is 66.0 Å². The molecule has 1 unspecified atom stereocenters. The van der Waals surface area contributed by atoms with Crippen molar-refractivity contribution in [2.75, 3.05) is 13.1 Å². The molecule has 1 saturated heterocycles. The minimum absolute atomic E-state index is 0.0790. The number of benzene rings is 1. The van der Waals surface area contributed by atoms with Gasteiger partial charge in [-0.3, -0.25) is 19.4 Å². The quantitative estimate of drug-likeness (QED) is 0.450. The highest BCUT2D eigenvalue weighted by Gasteiger charge is 2.35. The highest BCUT2D eigenvalue weighted by atomic mass is 32.2. The first-order valence-corrected chi connectivity index (χ1v) is 14.0. The van der Waals surface area contributed by atoms with E-state index in [1.54, 1.807) is 30.5 Å². The van der Waals surface area contributed by atoms with Gasteiger partial charge in [0.25, 0.3) is 15.9 Å². The Balaban J connectivity index is 1.47. The van der Waals surface area contributed by atoms with Gasteiger partial charge in [-0.25, -0.2) is 13.4 Å². The number of hydrogen-bond acceptors (Lipinski definition) is 7. The molecule has 3 aromatic rings. The number of pyridine rings is 2. The van der Waals surface area contributed by atoms with E-state index < -0.39 is 39.7 Å². The van der Waals surface area contributed by atoms with Crippen molar-refractivity contribution in [3.63, 3.8) is 0 Å². The van der Waals surface area contributed by atoms with E-state index in [1.807, 2.05) is 32.0 Å². The van der Waals surface area contributed by atoms with E-state index in [-0.39, 0.29) is 36.1 Å². The maximum atomic E-state index is 13.3. The van der Waals surface area contributed by atoms with Crippen LogP contribution in [0.2, 0.25) is 0 Å². The van der Waals surface area contributed by atoms with Crippen LogP contribution in [0, 0.1) is 5.92 Å². The predicted octanol–water partition coefficient (Wildman–Crippen LogP) is 2.31. The molecule has 2 aromatic heterocycles. The Morgan fingerprint density at radius 2 is 1.82 bits per heavy atom. The number of carbonyl (C=O) groups is 3. The van der Waals surface area contributed by atoms with Gasteiger partial charge < -0.3 is 10.6 Å². The van der Waals surface area contributed by atoms with Gasteiger partial charge in [0.05, 0.1) is 12.6 Å². The molecule has 11 heteroatoms. The molecule has 2 atom stereocenters. The summed E-state index contributed by atoms with van der Waals surface area (Å²) in [5.74, 6) is -1.31. The Bertz CT molecular complexity index is 1420. The first-order valence-electron chi connectivity index (χ1n) is 12.6. The molecule has 3 heterocycles. The molecule has 0 spiro atoms. The summed E-state index contributed by atoms with van der Waals surface area (Å²) in [7, 11) is -3.94. The SMILES string of the molecule is CC(C)C[C@H](NC(=O)c1nccc2ccccc12)C(=O)NC1CCCN(S(=O)(=O)c2ccccn2)CC1=O. The van der Waals surface area contributed by atoms with E-state index in [9.17, 15) is 22.8 Å². The Labute approximate surface area is 221 Å². The number of aromatic nitrogens is 2. The number of nitrogens with zero attached hydrogens (tertiary/aromatic N) is 3. The summed E-state index contributed by atoms with van der Waals surface area (Å²) in [5, 5.41) is 6.95. The van der Waals surface area contributed by atoms with Gasteiger partial charge in [0, 0.05) is 24.3 Å². The molecule has 2 N–H and O–H groups in total. The normalized spacial score (nSPS) is 17.7. The second kappa shape index (κ2) is 11.8. The highest BCUT2D eigenvalue weighted by Crippen LogP contribution is 2.19. The van der Waals surface area contributed by atoms with Crippen molar-refractivity contribution >= 4 is 38.4 Å².